The fourth-order valence-electron chi connectivity index (χ4n) is 2.53. The zero-order valence-electron chi connectivity index (χ0n) is 12.0. The molecule has 1 N–H and O–H groups in total. The van der Waals surface area contributed by atoms with Crippen molar-refractivity contribution in [3.8, 4) is 0 Å². The largest absolute Gasteiger partial charge is 0.314 e. The van der Waals surface area contributed by atoms with Gasteiger partial charge in [-0.3, -0.25) is 4.90 Å². The summed E-state index contributed by atoms with van der Waals surface area (Å²) in [5.74, 6) is 0.692. The first-order chi connectivity index (χ1) is 8.58. The molecule has 0 radical (unpaired) electrons. The van der Waals surface area contributed by atoms with Crippen LogP contribution in [0.4, 0.5) is 0 Å². The highest BCUT2D eigenvalue weighted by molar-refractivity contribution is 7.11. The van der Waals surface area contributed by atoms with Gasteiger partial charge >= 0.3 is 0 Å². The second kappa shape index (κ2) is 6.13. The van der Waals surface area contributed by atoms with E-state index in [1.807, 2.05) is 11.3 Å². The van der Waals surface area contributed by atoms with E-state index in [0.717, 1.165) is 32.6 Å². The molecule has 0 saturated carbocycles. The van der Waals surface area contributed by atoms with Gasteiger partial charge in [0, 0.05) is 43.5 Å². The van der Waals surface area contributed by atoms with Crippen molar-refractivity contribution < 1.29 is 0 Å². The van der Waals surface area contributed by atoms with E-state index in [2.05, 4.69) is 37.9 Å². The van der Waals surface area contributed by atoms with Gasteiger partial charge in [0.25, 0.3) is 0 Å². The molecule has 1 aromatic heterocycles. The van der Waals surface area contributed by atoms with Gasteiger partial charge in [-0.15, -0.1) is 11.3 Å². The summed E-state index contributed by atoms with van der Waals surface area (Å²) in [4.78, 5) is 8.77. The molecule has 0 spiro atoms. The van der Waals surface area contributed by atoms with Gasteiger partial charge in [-0.25, -0.2) is 4.98 Å². The maximum absolute atomic E-state index is 4.74. The number of piperazine rings is 1. The summed E-state index contributed by atoms with van der Waals surface area (Å²) in [7, 11) is 0. The lowest BCUT2D eigenvalue weighted by atomic mass is 10.1. The molecule has 1 aliphatic rings. The summed E-state index contributed by atoms with van der Waals surface area (Å²) in [6, 6.07) is 0.519. The lowest BCUT2D eigenvalue weighted by molar-refractivity contribution is 0.187. The Morgan fingerprint density at radius 3 is 2.56 bits per heavy atom. The SMILES string of the molecule is Cc1nc(CC(C)C)sc1C(C)N1CCNCC1. The zero-order chi connectivity index (χ0) is 13.1. The van der Waals surface area contributed by atoms with Crippen molar-refractivity contribution in [3.05, 3.63) is 15.6 Å². The molecule has 3 nitrogen and oxygen atoms in total. The second-order valence-electron chi connectivity index (χ2n) is 5.62. The fraction of sp³-hybridized carbons (Fsp3) is 0.786. The Morgan fingerprint density at radius 1 is 1.28 bits per heavy atom. The number of rotatable bonds is 4. The van der Waals surface area contributed by atoms with E-state index >= 15 is 0 Å². The van der Waals surface area contributed by atoms with Gasteiger partial charge in [0.2, 0.25) is 0 Å². The minimum absolute atomic E-state index is 0.519. The maximum atomic E-state index is 4.74. The molecule has 18 heavy (non-hydrogen) atoms. The van der Waals surface area contributed by atoms with E-state index in [9.17, 15) is 0 Å². The van der Waals surface area contributed by atoms with Crippen LogP contribution in [0.3, 0.4) is 0 Å². The van der Waals surface area contributed by atoms with Crippen LogP contribution in [0.25, 0.3) is 0 Å². The molecule has 0 aliphatic carbocycles. The number of aromatic nitrogens is 1. The van der Waals surface area contributed by atoms with Gasteiger partial charge in [0.05, 0.1) is 10.7 Å². The Hall–Kier alpha value is -0.450. The zero-order valence-corrected chi connectivity index (χ0v) is 12.8. The van der Waals surface area contributed by atoms with E-state index in [4.69, 9.17) is 4.98 Å². The number of thiazole rings is 1. The minimum Gasteiger partial charge on any atom is -0.314 e. The molecule has 1 fully saturated rings. The number of hydrogen-bond acceptors (Lipinski definition) is 4. The second-order valence-corrected chi connectivity index (χ2v) is 6.73. The van der Waals surface area contributed by atoms with Crippen LogP contribution in [0.2, 0.25) is 0 Å². The van der Waals surface area contributed by atoms with Gasteiger partial charge in [0.1, 0.15) is 0 Å². The van der Waals surface area contributed by atoms with Crippen LogP contribution in [0.5, 0.6) is 0 Å². The third-order valence-corrected chi connectivity index (χ3v) is 4.89. The molecule has 1 aliphatic heterocycles. The Labute approximate surface area is 115 Å². The lowest BCUT2D eigenvalue weighted by Crippen LogP contribution is -2.44. The third kappa shape index (κ3) is 3.31. The maximum Gasteiger partial charge on any atom is 0.0934 e. The van der Waals surface area contributed by atoms with Crippen LogP contribution in [0, 0.1) is 12.8 Å². The topological polar surface area (TPSA) is 28.2 Å². The lowest BCUT2D eigenvalue weighted by Gasteiger charge is -2.32. The summed E-state index contributed by atoms with van der Waals surface area (Å²) < 4.78 is 0. The predicted octanol–water partition coefficient (Wildman–Crippen LogP) is 2.62. The number of aryl methyl sites for hydroxylation is 1. The summed E-state index contributed by atoms with van der Waals surface area (Å²) in [5.41, 5.74) is 1.24. The molecule has 2 heterocycles. The quantitative estimate of drug-likeness (QED) is 0.909. The Bertz CT molecular complexity index is 380. The van der Waals surface area contributed by atoms with Crippen molar-refractivity contribution in [1.82, 2.24) is 15.2 Å². The van der Waals surface area contributed by atoms with E-state index < -0.39 is 0 Å². The first-order valence-electron chi connectivity index (χ1n) is 6.99. The van der Waals surface area contributed by atoms with Gasteiger partial charge in [-0.05, 0) is 19.8 Å². The molecule has 1 atom stereocenters. The van der Waals surface area contributed by atoms with Crippen LogP contribution < -0.4 is 5.32 Å². The number of nitrogens with zero attached hydrogens (tertiary/aromatic N) is 2. The smallest absolute Gasteiger partial charge is 0.0934 e. The highest BCUT2D eigenvalue weighted by atomic mass is 32.1. The van der Waals surface area contributed by atoms with Crippen LogP contribution >= 0.6 is 11.3 Å². The van der Waals surface area contributed by atoms with Crippen LogP contribution in [0.15, 0.2) is 0 Å². The molecule has 0 bridgehead atoms. The van der Waals surface area contributed by atoms with Crippen molar-refractivity contribution in [2.75, 3.05) is 26.2 Å². The normalized spacial score (nSPS) is 19.4. The van der Waals surface area contributed by atoms with Crippen molar-refractivity contribution in [2.45, 2.75) is 40.2 Å². The molecule has 0 amide bonds. The minimum atomic E-state index is 0.519. The van der Waals surface area contributed by atoms with Gasteiger partial charge in [0.15, 0.2) is 0 Å². The molecule has 2 rings (SSSR count). The highest BCUT2D eigenvalue weighted by Crippen LogP contribution is 2.30. The predicted molar refractivity (Wildman–Crippen MR) is 78.3 cm³/mol. The highest BCUT2D eigenvalue weighted by Gasteiger charge is 2.22. The van der Waals surface area contributed by atoms with Crippen LogP contribution in [-0.2, 0) is 6.42 Å². The standard InChI is InChI=1S/C14H25N3S/c1-10(2)9-13-16-11(3)14(18-13)12(4)17-7-5-15-6-8-17/h10,12,15H,5-9H2,1-4H3. The van der Waals surface area contributed by atoms with E-state index in [-0.39, 0.29) is 0 Å². The Balaban J connectivity index is 2.08. The van der Waals surface area contributed by atoms with Gasteiger partial charge in [-0.2, -0.15) is 0 Å². The number of nitrogens with one attached hydrogen (secondary N) is 1. The summed E-state index contributed by atoms with van der Waals surface area (Å²) in [5, 5.41) is 4.72. The first kappa shape index (κ1) is 14.0. The monoisotopic (exact) mass is 267 g/mol. The molecule has 0 aromatic carbocycles. The average molecular weight is 267 g/mol. The van der Waals surface area contributed by atoms with E-state index in [0.29, 0.717) is 12.0 Å². The van der Waals surface area contributed by atoms with Crippen LogP contribution in [-0.4, -0.2) is 36.1 Å². The van der Waals surface area contributed by atoms with E-state index in [1.165, 1.54) is 15.6 Å². The van der Waals surface area contributed by atoms with Gasteiger partial charge < -0.3 is 5.32 Å². The molecule has 1 unspecified atom stereocenters. The van der Waals surface area contributed by atoms with Crippen molar-refractivity contribution in [1.29, 1.82) is 0 Å². The molecular formula is C14H25N3S. The number of hydrogen-bond donors (Lipinski definition) is 1. The Kier molecular flexibility index (Phi) is 4.76. The first-order valence-corrected chi connectivity index (χ1v) is 7.80. The van der Waals surface area contributed by atoms with E-state index in [1.54, 1.807) is 0 Å². The molecular weight excluding hydrogens is 242 g/mol. The Morgan fingerprint density at radius 2 is 1.94 bits per heavy atom. The molecule has 102 valence electrons. The summed E-state index contributed by atoms with van der Waals surface area (Å²) in [6.07, 6.45) is 1.11. The summed E-state index contributed by atoms with van der Waals surface area (Å²) in [6.45, 7) is 13.5. The summed E-state index contributed by atoms with van der Waals surface area (Å²) >= 11 is 1.92. The molecule has 4 heteroatoms. The fourth-order valence-corrected chi connectivity index (χ4v) is 3.89. The van der Waals surface area contributed by atoms with Crippen molar-refractivity contribution >= 4 is 11.3 Å². The average Bonchev–Trinajstić information content (AvgIpc) is 2.69. The molecule has 1 aromatic rings. The third-order valence-electron chi connectivity index (χ3n) is 3.54. The molecule has 1 saturated heterocycles. The van der Waals surface area contributed by atoms with Gasteiger partial charge in [-0.1, -0.05) is 13.8 Å². The van der Waals surface area contributed by atoms with Crippen molar-refractivity contribution in [2.24, 2.45) is 5.92 Å². The van der Waals surface area contributed by atoms with Crippen molar-refractivity contribution in [3.63, 3.8) is 0 Å². The van der Waals surface area contributed by atoms with Crippen LogP contribution in [0.1, 0.15) is 42.4 Å².